The van der Waals surface area contributed by atoms with Gasteiger partial charge in [-0.2, -0.15) is 13.2 Å². The molecule has 0 saturated carbocycles. The topological polar surface area (TPSA) is 64.1 Å². The highest BCUT2D eigenvalue weighted by molar-refractivity contribution is 5.78. The largest absolute Gasteiger partial charge is 0.477 e. The third kappa shape index (κ3) is 6.02. The van der Waals surface area contributed by atoms with Crippen LogP contribution in [0.15, 0.2) is 36.5 Å². The normalized spacial score (nSPS) is 11.2. The molecule has 0 aliphatic rings. The predicted octanol–water partition coefficient (Wildman–Crippen LogP) is 3.53. The average Bonchev–Trinajstić information content (AvgIpc) is 2.61. The lowest BCUT2D eigenvalue weighted by Gasteiger charge is -2.14. The zero-order valence-corrected chi connectivity index (χ0v) is 14.3. The average molecular weight is 367 g/mol. The Morgan fingerprint density at radius 1 is 1.23 bits per heavy atom. The van der Waals surface area contributed by atoms with Crippen molar-refractivity contribution in [3.05, 3.63) is 53.5 Å². The summed E-state index contributed by atoms with van der Waals surface area (Å²) in [4.78, 5) is 19.6. The highest BCUT2D eigenvalue weighted by Crippen LogP contribution is 2.30. The number of halogens is 3. The molecule has 0 unspecified atom stereocenters. The van der Waals surface area contributed by atoms with Gasteiger partial charge in [-0.15, -0.1) is 0 Å². The Morgan fingerprint density at radius 3 is 2.69 bits per heavy atom. The summed E-state index contributed by atoms with van der Waals surface area (Å²) in [5, 5.41) is 2.66. The van der Waals surface area contributed by atoms with Crippen molar-refractivity contribution in [3.8, 4) is 5.88 Å². The molecule has 0 atom stereocenters. The number of unbranched alkanes of at least 4 members (excludes halogenated alkanes) is 1. The van der Waals surface area contributed by atoms with Crippen LogP contribution < -0.4 is 10.1 Å². The molecule has 140 valence electrons. The van der Waals surface area contributed by atoms with E-state index in [0.717, 1.165) is 12.5 Å². The molecule has 8 heteroatoms. The molecular formula is C18H20F3N3O2. The molecule has 2 aromatic heterocycles. The molecular weight excluding hydrogens is 347 g/mol. The number of nitrogens with zero attached hydrogens (tertiary/aromatic N) is 2. The quantitative estimate of drug-likeness (QED) is 0.725. The van der Waals surface area contributed by atoms with Gasteiger partial charge in [-0.25, -0.2) is 4.98 Å². The minimum Gasteiger partial charge on any atom is -0.477 e. The van der Waals surface area contributed by atoms with E-state index in [9.17, 15) is 18.0 Å². The Morgan fingerprint density at radius 2 is 2.04 bits per heavy atom. The molecule has 1 N–H and O–H groups in total. The molecule has 2 heterocycles. The molecule has 0 aromatic carbocycles. The minimum atomic E-state index is -4.55. The molecule has 0 aliphatic carbocycles. The third-order valence-corrected chi connectivity index (χ3v) is 3.51. The van der Waals surface area contributed by atoms with Crippen LogP contribution in [0, 0.1) is 0 Å². The number of amides is 1. The van der Waals surface area contributed by atoms with E-state index in [-0.39, 0.29) is 31.4 Å². The van der Waals surface area contributed by atoms with Gasteiger partial charge in [0.15, 0.2) is 0 Å². The van der Waals surface area contributed by atoms with E-state index in [1.165, 1.54) is 6.07 Å². The molecule has 0 bridgehead atoms. The van der Waals surface area contributed by atoms with Crippen LogP contribution in [0.25, 0.3) is 0 Å². The molecule has 5 nitrogen and oxygen atoms in total. The van der Waals surface area contributed by atoms with Gasteiger partial charge in [0.25, 0.3) is 0 Å². The fourth-order valence-corrected chi connectivity index (χ4v) is 2.12. The summed E-state index contributed by atoms with van der Waals surface area (Å²) in [6, 6.07) is 7.40. The van der Waals surface area contributed by atoms with Crippen molar-refractivity contribution in [2.75, 3.05) is 6.61 Å². The standard InChI is InChI=1S/C18H20F3N3O2/c1-2-3-10-26-17-13(7-8-15(24-17)18(19,20)21)12-23-16(25)11-14-6-4-5-9-22-14/h4-9H,2-3,10-12H2,1H3,(H,23,25). The second-order valence-electron chi connectivity index (χ2n) is 5.64. The maximum absolute atomic E-state index is 12.8. The van der Waals surface area contributed by atoms with E-state index in [4.69, 9.17) is 4.74 Å². The Balaban J connectivity index is 2.05. The fraction of sp³-hybridized carbons (Fsp3) is 0.389. The molecule has 0 fully saturated rings. The van der Waals surface area contributed by atoms with Gasteiger partial charge in [-0.3, -0.25) is 9.78 Å². The van der Waals surface area contributed by atoms with E-state index in [0.29, 0.717) is 17.7 Å². The van der Waals surface area contributed by atoms with E-state index >= 15 is 0 Å². The van der Waals surface area contributed by atoms with Gasteiger partial charge in [0, 0.05) is 24.0 Å². The maximum atomic E-state index is 12.8. The third-order valence-electron chi connectivity index (χ3n) is 3.51. The second kappa shape index (κ2) is 9.17. The molecule has 2 aromatic rings. The van der Waals surface area contributed by atoms with E-state index in [1.807, 2.05) is 6.92 Å². The summed E-state index contributed by atoms with van der Waals surface area (Å²) in [6.45, 7) is 2.24. The minimum absolute atomic E-state index is 0.0261. The van der Waals surface area contributed by atoms with Gasteiger partial charge in [0.2, 0.25) is 11.8 Å². The summed E-state index contributed by atoms with van der Waals surface area (Å²) >= 11 is 0. The first-order valence-electron chi connectivity index (χ1n) is 8.26. The van der Waals surface area contributed by atoms with Crippen LogP contribution in [0.4, 0.5) is 13.2 Å². The number of rotatable bonds is 8. The summed E-state index contributed by atoms with van der Waals surface area (Å²) < 4.78 is 43.9. The van der Waals surface area contributed by atoms with Crippen LogP contribution in [-0.2, 0) is 23.9 Å². The van der Waals surface area contributed by atoms with Crippen molar-refractivity contribution in [1.82, 2.24) is 15.3 Å². The molecule has 1 amide bonds. The van der Waals surface area contributed by atoms with Gasteiger partial charge in [-0.1, -0.05) is 19.4 Å². The Hall–Kier alpha value is -2.64. The SMILES string of the molecule is CCCCOc1nc(C(F)(F)F)ccc1CNC(=O)Cc1ccccn1. The molecule has 26 heavy (non-hydrogen) atoms. The first-order valence-corrected chi connectivity index (χ1v) is 8.26. The number of hydrogen-bond acceptors (Lipinski definition) is 4. The summed E-state index contributed by atoms with van der Waals surface area (Å²) in [5.74, 6) is -0.394. The van der Waals surface area contributed by atoms with Gasteiger partial charge in [-0.05, 0) is 30.7 Å². The molecule has 2 rings (SSSR count). The molecule has 0 saturated heterocycles. The van der Waals surface area contributed by atoms with Crippen LogP contribution in [0.2, 0.25) is 0 Å². The van der Waals surface area contributed by atoms with Gasteiger partial charge >= 0.3 is 6.18 Å². The number of aromatic nitrogens is 2. The van der Waals surface area contributed by atoms with Crippen LogP contribution in [0.5, 0.6) is 5.88 Å². The van der Waals surface area contributed by atoms with Gasteiger partial charge in [0.05, 0.1) is 13.0 Å². The highest BCUT2D eigenvalue weighted by atomic mass is 19.4. The Labute approximate surface area is 149 Å². The van der Waals surface area contributed by atoms with E-state index in [2.05, 4.69) is 15.3 Å². The number of alkyl halides is 3. The van der Waals surface area contributed by atoms with Gasteiger partial charge in [0.1, 0.15) is 5.69 Å². The summed E-state index contributed by atoms with van der Waals surface area (Å²) in [6.07, 6.45) is -1.34. The number of pyridine rings is 2. The summed E-state index contributed by atoms with van der Waals surface area (Å²) in [5.41, 5.74) is -0.0222. The summed E-state index contributed by atoms with van der Waals surface area (Å²) in [7, 11) is 0. The van der Waals surface area contributed by atoms with Crippen LogP contribution in [-0.4, -0.2) is 22.5 Å². The van der Waals surface area contributed by atoms with Crippen molar-refractivity contribution in [2.45, 2.75) is 38.9 Å². The zero-order valence-electron chi connectivity index (χ0n) is 14.3. The lowest BCUT2D eigenvalue weighted by atomic mass is 10.2. The lowest BCUT2D eigenvalue weighted by Crippen LogP contribution is -2.25. The fourth-order valence-electron chi connectivity index (χ4n) is 2.12. The van der Waals surface area contributed by atoms with Crippen LogP contribution >= 0.6 is 0 Å². The second-order valence-corrected chi connectivity index (χ2v) is 5.64. The van der Waals surface area contributed by atoms with Crippen molar-refractivity contribution >= 4 is 5.91 Å². The maximum Gasteiger partial charge on any atom is 0.433 e. The first-order chi connectivity index (χ1) is 12.4. The number of carbonyl (C=O) groups excluding carboxylic acids is 1. The van der Waals surface area contributed by atoms with E-state index < -0.39 is 11.9 Å². The highest BCUT2D eigenvalue weighted by Gasteiger charge is 2.33. The molecule has 0 spiro atoms. The van der Waals surface area contributed by atoms with Crippen LogP contribution in [0.1, 0.15) is 36.7 Å². The van der Waals surface area contributed by atoms with Gasteiger partial charge < -0.3 is 10.1 Å². The predicted molar refractivity (Wildman–Crippen MR) is 89.4 cm³/mol. The van der Waals surface area contributed by atoms with E-state index in [1.54, 1.807) is 24.4 Å². The number of nitrogens with one attached hydrogen (secondary N) is 1. The number of carbonyl (C=O) groups is 1. The molecule has 0 aliphatic heterocycles. The van der Waals surface area contributed by atoms with Crippen molar-refractivity contribution < 1.29 is 22.7 Å². The lowest BCUT2D eigenvalue weighted by molar-refractivity contribution is -0.141. The number of hydrogen-bond donors (Lipinski definition) is 1. The Kier molecular flexibility index (Phi) is 6.94. The Bertz CT molecular complexity index is 721. The first kappa shape index (κ1) is 19.7. The smallest absolute Gasteiger partial charge is 0.433 e. The van der Waals surface area contributed by atoms with Crippen molar-refractivity contribution in [3.63, 3.8) is 0 Å². The monoisotopic (exact) mass is 367 g/mol. The zero-order chi connectivity index (χ0) is 19.0. The van der Waals surface area contributed by atoms with Crippen LogP contribution in [0.3, 0.4) is 0 Å². The van der Waals surface area contributed by atoms with Crippen molar-refractivity contribution in [1.29, 1.82) is 0 Å². The number of ether oxygens (including phenoxy) is 1. The molecule has 0 radical (unpaired) electrons. The van der Waals surface area contributed by atoms with Crippen molar-refractivity contribution in [2.24, 2.45) is 0 Å².